The first-order chi connectivity index (χ1) is 14.1. The molecule has 146 valence electrons. The number of aryl methyl sites for hydroxylation is 2. The molecule has 0 saturated carbocycles. The minimum absolute atomic E-state index is 0.105. The van der Waals surface area contributed by atoms with Gasteiger partial charge in [-0.15, -0.1) is 0 Å². The molecule has 0 aliphatic carbocycles. The van der Waals surface area contributed by atoms with Gasteiger partial charge in [0.15, 0.2) is 11.6 Å². The van der Waals surface area contributed by atoms with Gasteiger partial charge in [-0.3, -0.25) is 4.40 Å². The van der Waals surface area contributed by atoms with Crippen LogP contribution in [0.1, 0.15) is 17.7 Å². The van der Waals surface area contributed by atoms with Gasteiger partial charge in [0, 0.05) is 36.2 Å². The van der Waals surface area contributed by atoms with Crippen molar-refractivity contribution in [1.29, 1.82) is 0 Å². The van der Waals surface area contributed by atoms with Crippen molar-refractivity contribution in [3.05, 3.63) is 76.4 Å². The molecule has 1 aromatic carbocycles. The summed E-state index contributed by atoms with van der Waals surface area (Å²) in [5.41, 5.74) is 5.30. The van der Waals surface area contributed by atoms with E-state index >= 15 is 0 Å². The van der Waals surface area contributed by atoms with E-state index in [1.165, 1.54) is 30.4 Å². The third-order valence-electron chi connectivity index (χ3n) is 5.66. The SMILES string of the molecule is Cc1c(-c2cccc(N3CCC3)c2)c(C)n2c(=O)n(-c3ncccc3F)ncc12. The fourth-order valence-corrected chi connectivity index (χ4v) is 4.05. The zero-order valence-corrected chi connectivity index (χ0v) is 16.3. The van der Waals surface area contributed by atoms with Crippen molar-refractivity contribution in [1.82, 2.24) is 19.2 Å². The van der Waals surface area contributed by atoms with E-state index in [0.717, 1.165) is 40.2 Å². The predicted molar refractivity (Wildman–Crippen MR) is 110 cm³/mol. The molecule has 5 rings (SSSR count). The van der Waals surface area contributed by atoms with Crippen molar-refractivity contribution in [2.45, 2.75) is 20.3 Å². The Morgan fingerprint density at radius 1 is 1.10 bits per heavy atom. The van der Waals surface area contributed by atoms with Crippen molar-refractivity contribution in [2.24, 2.45) is 0 Å². The summed E-state index contributed by atoms with van der Waals surface area (Å²) in [4.78, 5) is 19.5. The Balaban J connectivity index is 1.72. The molecule has 4 aromatic rings. The Hall–Kier alpha value is -3.48. The van der Waals surface area contributed by atoms with Crippen LogP contribution in [0, 0.1) is 19.7 Å². The molecule has 0 unspecified atom stereocenters. The van der Waals surface area contributed by atoms with Crippen LogP contribution in [-0.4, -0.2) is 32.3 Å². The van der Waals surface area contributed by atoms with Crippen LogP contribution >= 0.6 is 0 Å². The number of benzene rings is 1. The average molecular weight is 389 g/mol. The van der Waals surface area contributed by atoms with Crippen LogP contribution in [0.5, 0.6) is 0 Å². The van der Waals surface area contributed by atoms with Gasteiger partial charge in [-0.2, -0.15) is 9.78 Å². The van der Waals surface area contributed by atoms with Crippen molar-refractivity contribution in [3.8, 4) is 16.9 Å². The molecule has 0 radical (unpaired) electrons. The van der Waals surface area contributed by atoms with E-state index in [4.69, 9.17) is 0 Å². The van der Waals surface area contributed by atoms with Gasteiger partial charge in [0.2, 0.25) is 0 Å². The number of aromatic nitrogens is 4. The minimum atomic E-state index is -0.592. The lowest BCUT2D eigenvalue weighted by molar-refractivity contribution is 0.587. The lowest BCUT2D eigenvalue weighted by Crippen LogP contribution is -2.36. The molecule has 0 amide bonds. The van der Waals surface area contributed by atoms with Gasteiger partial charge in [-0.25, -0.2) is 14.2 Å². The normalized spacial score (nSPS) is 13.7. The topological polar surface area (TPSA) is 55.4 Å². The largest absolute Gasteiger partial charge is 0.371 e. The summed E-state index contributed by atoms with van der Waals surface area (Å²) < 4.78 is 16.8. The van der Waals surface area contributed by atoms with Crippen LogP contribution in [0.4, 0.5) is 10.1 Å². The summed E-state index contributed by atoms with van der Waals surface area (Å²) in [5, 5.41) is 4.19. The number of anilines is 1. The molecular weight excluding hydrogens is 369 g/mol. The van der Waals surface area contributed by atoms with Crippen molar-refractivity contribution in [2.75, 3.05) is 18.0 Å². The molecule has 0 bridgehead atoms. The fourth-order valence-electron chi connectivity index (χ4n) is 4.05. The van der Waals surface area contributed by atoms with Gasteiger partial charge in [-0.1, -0.05) is 12.1 Å². The molecule has 1 saturated heterocycles. The number of hydrogen-bond donors (Lipinski definition) is 0. The van der Waals surface area contributed by atoms with Crippen molar-refractivity contribution in [3.63, 3.8) is 0 Å². The molecule has 4 heterocycles. The number of hydrogen-bond acceptors (Lipinski definition) is 4. The van der Waals surface area contributed by atoms with Gasteiger partial charge in [0.25, 0.3) is 0 Å². The Labute approximate surface area is 166 Å². The van der Waals surface area contributed by atoms with E-state index in [-0.39, 0.29) is 5.82 Å². The highest BCUT2D eigenvalue weighted by atomic mass is 19.1. The standard InChI is InChI=1S/C22H20FN5O/c1-14-19-13-25-28(21-18(23)8-4-9-24-21)22(29)27(19)15(2)20(14)16-6-3-7-17(12-16)26-10-5-11-26/h3-4,6-9,12-13H,5,10-11H2,1-2H3. The molecule has 3 aromatic heterocycles. The van der Waals surface area contributed by atoms with Gasteiger partial charge >= 0.3 is 5.69 Å². The lowest BCUT2D eigenvalue weighted by Gasteiger charge is -2.33. The first-order valence-corrected chi connectivity index (χ1v) is 9.62. The van der Waals surface area contributed by atoms with Crippen LogP contribution in [0.25, 0.3) is 22.5 Å². The highest BCUT2D eigenvalue weighted by molar-refractivity contribution is 5.80. The van der Waals surface area contributed by atoms with Gasteiger partial charge in [-0.05, 0) is 55.7 Å². The van der Waals surface area contributed by atoms with Crippen LogP contribution in [0.2, 0.25) is 0 Å². The maximum atomic E-state index is 14.2. The number of nitrogens with zero attached hydrogens (tertiary/aromatic N) is 5. The van der Waals surface area contributed by atoms with Crippen molar-refractivity contribution < 1.29 is 4.39 Å². The summed E-state index contributed by atoms with van der Waals surface area (Å²) in [6, 6.07) is 11.1. The second kappa shape index (κ2) is 6.55. The van der Waals surface area contributed by atoms with Crippen LogP contribution in [0.3, 0.4) is 0 Å². The Morgan fingerprint density at radius 2 is 1.93 bits per heavy atom. The molecule has 0 atom stereocenters. The summed E-state index contributed by atoms with van der Waals surface area (Å²) in [5.74, 6) is -0.697. The number of rotatable bonds is 3. The number of halogens is 1. The molecular formula is C22H20FN5O. The average Bonchev–Trinajstić information content (AvgIpc) is 2.93. The fraction of sp³-hybridized carbons (Fsp3) is 0.227. The second-order valence-corrected chi connectivity index (χ2v) is 7.34. The summed E-state index contributed by atoms with van der Waals surface area (Å²) >= 11 is 0. The molecule has 0 spiro atoms. The minimum Gasteiger partial charge on any atom is -0.371 e. The maximum Gasteiger partial charge on any atom is 0.355 e. The van der Waals surface area contributed by atoms with E-state index in [9.17, 15) is 9.18 Å². The van der Waals surface area contributed by atoms with E-state index in [1.807, 2.05) is 19.9 Å². The van der Waals surface area contributed by atoms with E-state index in [2.05, 4.69) is 33.2 Å². The molecule has 1 aliphatic heterocycles. The first-order valence-electron chi connectivity index (χ1n) is 9.62. The van der Waals surface area contributed by atoms with Crippen LogP contribution in [0.15, 0.2) is 53.6 Å². The van der Waals surface area contributed by atoms with E-state index < -0.39 is 11.5 Å². The summed E-state index contributed by atoms with van der Waals surface area (Å²) in [7, 11) is 0. The first kappa shape index (κ1) is 17.6. The summed E-state index contributed by atoms with van der Waals surface area (Å²) in [6.45, 7) is 6.04. The maximum absolute atomic E-state index is 14.2. The molecule has 6 nitrogen and oxygen atoms in total. The summed E-state index contributed by atoms with van der Waals surface area (Å²) in [6.07, 6.45) is 4.26. The number of fused-ring (bicyclic) bond motifs is 1. The van der Waals surface area contributed by atoms with Crippen molar-refractivity contribution >= 4 is 11.2 Å². The number of pyridine rings is 1. The zero-order chi connectivity index (χ0) is 20.1. The molecule has 0 N–H and O–H groups in total. The Morgan fingerprint density at radius 3 is 2.66 bits per heavy atom. The van der Waals surface area contributed by atoms with Crippen LogP contribution in [-0.2, 0) is 0 Å². The smallest absolute Gasteiger partial charge is 0.355 e. The molecule has 29 heavy (non-hydrogen) atoms. The third-order valence-corrected chi connectivity index (χ3v) is 5.66. The third kappa shape index (κ3) is 2.65. The Bertz CT molecular complexity index is 1300. The van der Waals surface area contributed by atoms with Crippen LogP contribution < -0.4 is 10.6 Å². The lowest BCUT2D eigenvalue weighted by atomic mass is 10.0. The predicted octanol–water partition coefficient (Wildman–Crippen LogP) is 3.51. The van der Waals surface area contributed by atoms with E-state index in [0.29, 0.717) is 5.52 Å². The monoisotopic (exact) mass is 389 g/mol. The van der Waals surface area contributed by atoms with Gasteiger partial charge in [0.1, 0.15) is 0 Å². The second-order valence-electron chi connectivity index (χ2n) is 7.34. The quantitative estimate of drug-likeness (QED) is 0.538. The highest BCUT2D eigenvalue weighted by Gasteiger charge is 2.21. The van der Waals surface area contributed by atoms with Gasteiger partial charge < -0.3 is 4.90 Å². The van der Waals surface area contributed by atoms with Gasteiger partial charge in [0.05, 0.1) is 11.7 Å². The molecule has 1 fully saturated rings. The Kier molecular flexibility index (Phi) is 3.97. The zero-order valence-electron chi connectivity index (χ0n) is 16.3. The molecule has 1 aliphatic rings. The highest BCUT2D eigenvalue weighted by Crippen LogP contribution is 2.34. The van der Waals surface area contributed by atoms with E-state index in [1.54, 1.807) is 10.6 Å². The molecule has 7 heteroatoms.